The van der Waals surface area contributed by atoms with Crippen molar-refractivity contribution in [1.82, 2.24) is 0 Å². The molecule has 0 atom stereocenters. The third kappa shape index (κ3) is 5.96. The van der Waals surface area contributed by atoms with Gasteiger partial charge in [-0.15, -0.1) is 0 Å². The van der Waals surface area contributed by atoms with Crippen LogP contribution in [0, 0.1) is 6.92 Å². The van der Waals surface area contributed by atoms with E-state index in [4.69, 9.17) is 6.92 Å². The summed E-state index contributed by atoms with van der Waals surface area (Å²) in [5.41, 5.74) is 0. The van der Waals surface area contributed by atoms with Crippen LogP contribution < -0.4 is 0 Å². The Morgan fingerprint density at radius 3 is 1.71 bits per heavy atom. The predicted molar refractivity (Wildman–Crippen MR) is 31.8 cm³/mol. The van der Waals surface area contributed by atoms with Crippen LogP contribution >= 0.6 is 0 Å². The molecule has 0 saturated heterocycles. The number of quaternary nitrogens is 1. The Morgan fingerprint density at radius 1 is 1.29 bits per heavy atom. The van der Waals surface area contributed by atoms with Gasteiger partial charge in [-0.05, 0) is 13.3 Å². The highest BCUT2D eigenvalue weighted by Gasteiger charge is 2.01. The molecule has 0 unspecified atom stereocenters. The van der Waals surface area contributed by atoms with Crippen molar-refractivity contribution < 1.29 is 4.48 Å². The molecule has 0 bridgehead atoms. The summed E-state index contributed by atoms with van der Waals surface area (Å²) in [5, 5.41) is 0. The molecular formula is C6H14N+. The van der Waals surface area contributed by atoms with Gasteiger partial charge >= 0.3 is 0 Å². The average molecular weight is 100 g/mol. The second-order valence-electron chi connectivity index (χ2n) is 2.80. The van der Waals surface area contributed by atoms with Crippen molar-refractivity contribution in [3.63, 3.8) is 0 Å². The van der Waals surface area contributed by atoms with E-state index in [9.17, 15) is 0 Å². The molecule has 0 aliphatic carbocycles. The van der Waals surface area contributed by atoms with E-state index < -0.39 is 0 Å². The van der Waals surface area contributed by atoms with Gasteiger partial charge in [0.2, 0.25) is 0 Å². The first kappa shape index (κ1) is 6.96. The van der Waals surface area contributed by atoms with Crippen LogP contribution in [0.15, 0.2) is 0 Å². The molecular weight excluding hydrogens is 86.1 g/mol. The van der Waals surface area contributed by atoms with Gasteiger partial charge in [0.15, 0.2) is 0 Å². The molecule has 42 valence electrons. The summed E-state index contributed by atoms with van der Waals surface area (Å²) >= 11 is 0. The summed E-state index contributed by atoms with van der Waals surface area (Å²) in [6, 6.07) is 0. The number of nitrogens with zero attached hydrogens (tertiary/aromatic N) is 1. The molecule has 7 heavy (non-hydrogen) atoms. The van der Waals surface area contributed by atoms with Crippen LogP contribution in [0.25, 0.3) is 0 Å². The van der Waals surface area contributed by atoms with E-state index in [1.165, 1.54) is 0 Å². The van der Waals surface area contributed by atoms with Crippen molar-refractivity contribution in [1.29, 1.82) is 0 Å². The zero-order chi connectivity index (χ0) is 5.91. The van der Waals surface area contributed by atoms with Crippen molar-refractivity contribution in [3.8, 4) is 0 Å². The summed E-state index contributed by atoms with van der Waals surface area (Å²) in [7, 11) is 6.40. The molecule has 0 rings (SSSR count). The van der Waals surface area contributed by atoms with Crippen molar-refractivity contribution in [3.05, 3.63) is 6.92 Å². The van der Waals surface area contributed by atoms with Crippen LogP contribution in [0.5, 0.6) is 0 Å². The van der Waals surface area contributed by atoms with Crippen LogP contribution in [-0.2, 0) is 0 Å². The molecule has 1 nitrogen and oxygen atoms in total. The quantitative estimate of drug-likeness (QED) is 0.450. The topological polar surface area (TPSA) is 0 Å². The minimum Gasteiger partial charge on any atom is -0.331 e. The van der Waals surface area contributed by atoms with Crippen molar-refractivity contribution in [2.45, 2.75) is 6.42 Å². The third-order valence-corrected chi connectivity index (χ3v) is 0.800. The number of hydrogen-bond donors (Lipinski definition) is 0. The first-order valence-corrected chi connectivity index (χ1v) is 2.57. The van der Waals surface area contributed by atoms with E-state index in [2.05, 4.69) is 21.1 Å². The van der Waals surface area contributed by atoms with Gasteiger partial charge in [-0.1, -0.05) is 0 Å². The molecule has 0 aliphatic heterocycles. The molecule has 0 fully saturated rings. The fraction of sp³-hybridized carbons (Fsp3) is 0.833. The summed E-state index contributed by atoms with van der Waals surface area (Å²) in [6.45, 7) is 6.35. The van der Waals surface area contributed by atoms with Gasteiger partial charge in [-0.3, -0.25) is 0 Å². The summed E-state index contributed by atoms with van der Waals surface area (Å²) in [6.07, 6.45) is 0.781. The Kier molecular flexibility index (Phi) is 2.30. The van der Waals surface area contributed by atoms with Crippen molar-refractivity contribution >= 4 is 0 Å². The molecule has 2 radical (unpaired) electrons. The van der Waals surface area contributed by atoms with Crippen LogP contribution in [0.1, 0.15) is 6.42 Å². The van der Waals surface area contributed by atoms with Gasteiger partial charge in [-0.2, -0.15) is 0 Å². The number of rotatable bonds is 2. The molecule has 0 spiro atoms. The molecule has 0 aromatic heterocycles. The standard InChI is InChI=1S/C6H14N/c1-5-6-7(2,3)4/h1H,5-6H2,2-4H3/q+1. The van der Waals surface area contributed by atoms with E-state index in [0.717, 1.165) is 17.4 Å². The van der Waals surface area contributed by atoms with Crippen LogP contribution in [0.3, 0.4) is 0 Å². The lowest BCUT2D eigenvalue weighted by molar-refractivity contribution is -0.870. The molecule has 0 heterocycles. The maximum Gasteiger partial charge on any atom is 0.0783 e. The first-order valence-electron chi connectivity index (χ1n) is 2.57. The molecule has 0 amide bonds. The average Bonchev–Trinajstić information content (AvgIpc) is 1.30. The zero-order valence-corrected chi connectivity index (χ0v) is 5.44. The minimum atomic E-state index is 0.781. The molecule has 0 saturated carbocycles. The molecule has 0 aliphatic rings. The van der Waals surface area contributed by atoms with Crippen LogP contribution in [0.2, 0.25) is 0 Å². The van der Waals surface area contributed by atoms with Crippen molar-refractivity contribution in [2.75, 3.05) is 27.7 Å². The SMILES string of the molecule is [CH]CC[N+](C)(C)C. The molecule has 0 N–H and O–H groups in total. The fourth-order valence-electron chi connectivity index (χ4n) is 0.387. The largest absolute Gasteiger partial charge is 0.331 e. The molecule has 0 aromatic carbocycles. The highest BCUT2D eigenvalue weighted by molar-refractivity contribution is 4.33. The first-order chi connectivity index (χ1) is 3.06. The lowest BCUT2D eigenvalue weighted by atomic mass is 10.4. The Labute approximate surface area is 46.5 Å². The normalized spacial score (nSPS) is 12.0. The Morgan fingerprint density at radius 2 is 1.71 bits per heavy atom. The number of hydrogen-bond acceptors (Lipinski definition) is 0. The second kappa shape index (κ2) is 2.31. The van der Waals surface area contributed by atoms with Crippen LogP contribution in [-0.4, -0.2) is 32.2 Å². The Bertz CT molecular complexity index is 42.6. The fourth-order valence-corrected chi connectivity index (χ4v) is 0.387. The van der Waals surface area contributed by atoms with Crippen LogP contribution in [0.4, 0.5) is 0 Å². The lowest BCUT2D eigenvalue weighted by Gasteiger charge is -2.22. The van der Waals surface area contributed by atoms with E-state index >= 15 is 0 Å². The van der Waals surface area contributed by atoms with Gasteiger partial charge in [0.25, 0.3) is 0 Å². The summed E-state index contributed by atoms with van der Waals surface area (Å²) in [5.74, 6) is 0. The monoisotopic (exact) mass is 100 g/mol. The summed E-state index contributed by atoms with van der Waals surface area (Å²) in [4.78, 5) is 0. The van der Waals surface area contributed by atoms with Gasteiger partial charge in [0, 0.05) is 0 Å². The van der Waals surface area contributed by atoms with E-state index in [1.54, 1.807) is 0 Å². The smallest absolute Gasteiger partial charge is 0.0783 e. The minimum absolute atomic E-state index is 0.781. The van der Waals surface area contributed by atoms with E-state index in [1.807, 2.05) is 0 Å². The third-order valence-electron chi connectivity index (χ3n) is 0.800. The highest BCUT2D eigenvalue weighted by atomic mass is 15.3. The van der Waals surface area contributed by atoms with Gasteiger partial charge in [-0.25, -0.2) is 0 Å². The Hall–Kier alpha value is -0.0400. The van der Waals surface area contributed by atoms with E-state index in [-0.39, 0.29) is 0 Å². The van der Waals surface area contributed by atoms with Gasteiger partial charge in [0.05, 0.1) is 27.7 Å². The lowest BCUT2D eigenvalue weighted by Crippen LogP contribution is -2.34. The maximum absolute atomic E-state index is 5.30. The molecule has 1 heteroatoms. The predicted octanol–water partition coefficient (Wildman–Crippen LogP) is 0.794. The van der Waals surface area contributed by atoms with Gasteiger partial charge in [0.1, 0.15) is 0 Å². The maximum atomic E-state index is 5.30. The summed E-state index contributed by atoms with van der Waals surface area (Å²) < 4.78 is 0.969. The highest BCUT2D eigenvalue weighted by Crippen LogP contribution is 1.89. The second-order valence-corrected chi connectivity index (χ2v) is 2.80. The van der Waals surface area contributed by atoms with Crippen molar-refractivity contribution in [2.24, 2.45) is 0 Å². The van der Waals surface area contributed by atoms with Gasteiger partial charge < -0.3 is 4.48 Å². The van der Waals surface area contributed by atoms with E-state index in [0.29, 0.717) is 0 Å². The molecule has 0 aromatic rings. The zero-order valence-electron chi connectivity index (χ0n) is 5.44. The Balaban J connectivity index is 3.15.